The zero-order valence-corrected chi connectivity index (χ0v) is 7.43. The number of allylic oxidation sites excluding steroid dienone is 2. The van der Waals surface area contributed by atoms with Gasteiger partial charge in [-0.15, -0.1) is 0 Å². The van der Waals surface area contributed by atoms with Crippen LogP contribution in [0.5, 0.6) is 0 Å². The van der Waals surface area contributed by atoms with Crippen molar-refractivity contribution in [2.75, 3.05) is 6.61 Å². The van der Waals surface area contributed by atoms with E-state index in [-0.39, 0.29) is 24.0 Å². The lowest BCUT2D eigenvalue weighted by atomic mass is 9.71. The molecule has 2 N–H and O–H groups in total. The van der Waals surface area contributed by atoms with Gasteiger partial charge < -0.3 is 10.2 Å². The van der Waals surface area contributed by atoms with Gasteiger partial charge in [-0.1, -0.05) is 24.3 Å². The molecular formula is C11H14O2. The Bertz CT molecular complexity index is 294. The topological polar surface area (TPSA) is 40.5 Å². The molecular weight excluding hydrogens is 164 g/mol. The number of hydrogen-bond donors (Lipinski definition) is 2. The van der Waals surface area contributed by atoms with Crippen molar-refractivity contribution in [1.29, 1.82) is 0 Å². The lowest BCUT2D eigenvalue weighted by molar-refractivity contribution is 0.0430. The summed E-state index contributed by atoms with van der Waals surface area (Å²) in [6.07, 6.45) is 9.09. The molecule has 5 atom stereocenters. The van der Waals surface area contributed by atoms with E-state index in [0.29, 0.717) is 11.8 Å². The SMILES string of the molecule is OC[C@@]12C=C[C@H](O)C1C1C=CC2C1. The molecule has 13 heavy (non-hydrogen) atoms. The van der Waals surface area contributed by atoms with E-state index < -0.39 is 0 Å². The maximum absolute atomic E-state index is 9.79. The summed E-state index contributed by atoms with van der Waals surface area (Å²) in [5.41, 5.74) is -0.126. The average Bonchev–Trinajstić information content (AvgIpc) is 2.77. The fraction of sp³-hybridized carbons (Fsp3) is 0.636. The molecule has 0 radical (unpaired) electrons. The fourth-order valence-corrected chi connectivity index (χ4v) is 3.52. The minimum atomic E-state index is -0.341. The van der Waals surface area contributed by atoms with Gasteiger partial charge in [0, 0.05) is 11.3 Å². The smallest absolute Gasteiger partial charge is 0.0764 e. The lowest BCUT2D eigenvalue weighted by Crippen LogP contribution is -2.37. The van der Waals surface area contributed by atoms with Crippen molar-refractivity contribution in [3.8, 4) is 0 Å². The Kier molecular flexibility index (Phi) is 1.35. The highest BCUT2D eigenvalue weighted by atomic mass is 16.3. The second-order valence-electron chi connectivity index (χ2n) is 4.54. The highest BCUT2D eigenvalue weighted by Gasteiger charge is 2.58. The Morgan fingerprint density at radius 3 is 2.85 bits per heavy atom. The molecule has 0 aromatic rings. The van der Waals surface area contributed by atoms with Crippen LogP contribution in [0, 0.1) is 23.2 Å². The number of hydrogen-bond acceptors (Lipinski definition) is 2. The summed E-state index contributed by atoms with van der Waals surface area (Å²) in [5.74, 6) is 1.19. The maximum atomic E-state index is 9.79. The molecule has 0 aromatic heterocycles. The Labute approximate surface area is 77.6 Å². The largest absolute Gasteiger partial charge is 0.395 e. The first-order valence-electron chi connectivity index (χ1n) is 4.94. The van der Waals surface area contributed by atoms with Crippen LogP contribution in [-0.2, 0) is 0 Å². The first-order valence-corrected chi connectivity index (χ1v) is 4.94. The van der Waals surface area contributed by atoms with Gasteiger partial charge in [-0.3, -0.25) is 0 Å². The Hall–Kier alpha value is -0.600. The van der Waals surface area contributed by atoms with E-state index in [1.807, 2.05) is 12.2 Å². The molecule has 0 amide bonds. The second kappa shape index (κ2) is 2.25. The molecule has 3 aliphatic carbocycles. The van der Waals surface area contributed by atoms with Crippen LogP contribution >= 0.6 is 0 Å². The van der Waals surface area contributed by atoms with Crippen molar-refractivity contribution < 1.29 is 10.2 Å². The minimum absolute atomic E-state index is 0.126. The predicted octanol–water partition coefficient (Wildman–Crippen LogP) is 0.718. The third-order valence-electron chi connectivity index (χ3n) is 4.13. The van der Waals surface area contributed by atoms with Crippen LogP contribution < -0.4 is 0 Å². The quantitative estimate of drug-likeness (QED) is 0.581. The van der Waals surface area contributed by atoms with Gasteiger partial charge in [0.05, 0.1) is 12.7 Å². The standard InChI is InChI=1S/C11H14O2/c12-6-11-4-3-9(13)10(11)7-1-2-8(11)5-7/h1-4,7-10,12-13H,5-6H2/t7?,8?,9-,10?,11+/m0/s1. The summed E-state index contributed by atoms with van der Waals surface area (Å²) in [4.78, 5) is 0. The van der Waals surface area contributed by atoms with Gasteiger partial charge in [0.2, 0.25) is 0 Å². The maximum Gasteiger partial charge on any atom is 0.0764 e. The van der Waals surface area contributed by atoms with Crippen LogP contribution in [0.4, 0.5) is 0 Å². The van der Waals surface area contributed by atoms with Gasteiger partial charge in [-0.05, 0) is 18.3 Å². The van der Waals surface area contributed by atoms with Crippen LogP contribution in [0.3, 0.4) is 0 Å². The summed E-state index contributed by atoms with van der Waals surface area (Å²) >= 11 is 0. The highest BCUT2D eigenvalue weighted by molar-refractivity contribution is 5.31. The van der Waals surface area contributed by atoms with Crippen LogP contribution in [0.15, 0.2) is 24.3 Å². The van der Waals surface area contributed by atoms with Gasteiger partial charge in [-0.2, -0.15) is 0 Å². The Morgan fingerprint density at radius 1 is 1.31 bits per heavy atom. The summed E-state index contributed by atoms with van der Waals surface area (Å²) in [7, 11) is 0. The lowest BCUT2D eigenvalue weighted by Gasteiger charge is -2.35. The molecule has 0 aromatic carbocycles. The van der Waals surface area contributed by atoms with Crippen LogP contribution in [0.1, 0.15) is 6.42 Å². The third-order valence-corrected chi connectivity index (χ3v) is 4.13. The summed E-state index contributed by atoms with van der Waals surface area (Å²) in [6.45, 7) is 0.177. The minimum Gasteiger partial charge on any atom is -0.395 e. The molecule has 1 fully saturated rings. The van der Waals surface area contributed by atoms with E-state index in [1.165, 1.54) is 0 Å². The molecule has 0 saturated heterocycles. The van der Waals surface area contributed by atoms with Crippen molar-refractivity contribution >= 4 is 0 Å². The van der Waals surface area contributed by atoms with Crippen molar-refractivity contribution in [2.24, 2.45) is 23.2 Å². The molecule has 3 rings (SSSR count). The molecule has 2 nitrogen and oxygen atoms in total. The van der Waals surface area contributed by atoms with Crippen molar-refractivity contribution in [3.63, 3.8) is 0 Å². The number of fused-ring (bicyclic) bond motifs is 5. The fourth-order valence-electron chi connectivity index (χ4n) is 3.52. The number of rotatable bonds is 1. The molecule has 3 unspecified atom stereocenters. The molecule has 2 bridgehead atoms. The summed E-state index contributed by atoms with van der Waals surface area (Å²) in [6, 6.07) is 0. The van der Waals surface area contributed by atoms with E-state index in [1.54, 1.807) is 0 Å². The van der Waals surface area contributed by atoms with Gasteiger partial charge in [0.25, 0.3) is 0 Å². The van der Waals surface area contributed by atoms with E-state index >= 15 is 0 Å². The van der Waals surface area contributed by atoms with Crippen LogP contribution in [-0.4, -0.2) is 22.9 Å². The van der Waals surface area contributed by atoms with Gasteiger partial charge in [-0.25, -0.2) is 0 Å². The van der Waals surface area contributed by atoms with Gasteiger partial charge >= 0.3 is 0 Å². The van der Waals surface area contributed by atoms with E-state index in [4.69, 9.17) is 0 Å². The van der Waals surface area contributed by atoms with E-state index in [9.17, 15) is 10.2 Å². The van der Waals surface area contributed by atoms with Crippen LogP contribution in [0.2, 0.25) is 0 Å². The van der Waals surface area contributed by atoms with Crippen molar-refractivity contribution in [1.82, 2.24) is 0 Å². The molecule has 0 heterocycles. The Balaban J connectivity index is 2.08. The summed E-state index contributed by atoms with van der Waals surface area (Å²) < 4.78 is 0. The normalized spacial score (nSPS) is 56.2. The predicted molar refractivity (Wildman–Crippen MR) is 48.9 cm³/mol. The zero-order chi connectivity index (χ0) is 9.05. The van der Waals surface area contributed by atoms with Crippen molar-refractivity contribution in [3.05, 3.63) is 24.3 Å². The van der Waals surface area contributed by atoms with Gasteiger partial charge in [0.15, 0.2) is 0 Å². The third kappa shape index (κ3) is 0.720. The molecule has 3 aliphatic rings. The van der Waals surface area contributed by atoms with Gasteiger partial charge in [0.1, 0.15) is 0 Å². The van der Waals surface area contributed by atoms with E-state index in [0.717, 1.165) is 6.42 Å². The monoisotopic (exact) mass is 178 g/mol. The molecule has 0 aliphatic heterocycles. The number of aliphatic hydroxyl groups is 2. The molecule has 2 heteroatoms. The number of aliphatic hydroxyl groups excluding tert-OH is 2. The summed E-state index contributed by atoms with van der Waals surface area (Å²) in [5, 5.41) is 19.3. The second-order valence-corrected chi connectivity index (χ2v) is 4.54. The Morgan fingerprint density at radius 2 is 2.15 bits per heavy atom. The van der Waals surface area contributed by atoms with E-state index in [2.05, 4.69) is 12.2 Å². The molecule has 70 valence electrons. The first kappa shape index (κ1) is 7.77. The zero-order valence-electron chi connectivity index (χ0n) is 7.43. The molecule has 1 saturated carbocycles. The van der Waals surface area contributed by atoms with Crippen LogP contribution in [0.25, 0.3) is 0 Å². The average molecular weight is 178 g/mol. The first-order chi connectivity index (χ1) is 6.28. The highest BCUT2D eigenvalue weighted by Crippen LogP contribution is 2.60. The van der Waals surface area contributed by atoms with Crippen molar-refractivity contribution in [2.45, 2.75) is 12.5 Å². The molecule has 0 spiro atoms.